The topological polar surface area (TPSA) is 98.6 Å². The van der Waals surface area contributed by atoms with Gasteiger partial charge in [-0.15, -0.1) is 0 Å². The molecule has 1 aliphatic rings. The molecule has 0 aromatic carbocycles. The molecule has 1 aliphatic heterocycles. The van der Waals surface area contributed by atoms with Gasteiger partial charge in [-0.3, -0.25) is 0 Å². The van der Waals surface area contributed by atoms with Crippen LogP contribution in [-0.4, -0.2) is 42.8 Å². The van der Waals surface area contributed by atoms with E-state index in [1.807, 2.05) is 0 Å². The third-order valence-electron chi connectivity index (χ3n) is 3.44. The van der Waals surface area contributed by atoms with Crippen molar-refractivity contribution < 1.29 is 0 Å². The summed E-state index contributed by atoms with van der Waals surface area (Å²) in [7, 11) is 0. The molecule has 3 rings (SSSR count). The Balaban J connectivity index is 1.94. The van der Waals surface area contributed by atoms with Gasteiger partial charge in [0.1, 0.15) is 12.7 Å². The first-order valence-electron chi connectivity index (χ1n) is 6.65. The van der Waals surface area contributed by atoms with Crippen molar-refractivity contribution in [3.63, 3.8) is 0 Å². The SMILES string of the molecule is CC1(C)CCCN(c2nc(N)nc(-n3cncn3)n2)C1. The van der Waals surface area contributed by atoms with Gasteiger partial charge in [0.25, 0.3) is 5.95 Å². The molecule has 2 aromatic heterocycles. The molecule has 0 unspecified atom stereocenters. The lowest BCUT2D eigenvalue weighted by Crippen LogP contribution is -2.41. The van der Waals surface area contributed by atoms with E-state index in [1.54, 1.807) is 6.33 Å². The van der Waals surface area contributed by atoms with Crippen molar-refractivity contribution in [2.24, 2.45) is 5.41 Å². The third-order valence-corrected chi connectivity index (χ3v) is 3.44. The number of nitrogens with two attached hydrogens (primary N) is 1. The first-order valence-corrected chi connectivity index (χ1v) is 6.65. The quantitative estimate of drug-likeness (QED) is 0.858. The molecule has 1 fully saturated rings. The lowest BCUT2D eigenvalue weighted by molar-refractivity contribution is 0.291. The maximum absolute atomic E-state index is 5.79. The van der Waals surface area contributed by atoms with Gasteiger partial charge in [0.2, 0.25) is 11.9 Å². The molecular formula is C12H18N8. The minimum Gasteiger partial charge on any atom is -0.368 e. The van der Waals surface area contributed by atoms with E-state index in [0.29, 0.717) is 11.9 Å². The zero-order valence-electron chi connectivity index (χ0n) is 11.7. The fourth-order valence-electron chi connectivity index (χ4n) is 2.52. The Bertz CT molecular complexity index is 592. The standard InChI is InChI=1S/C12H18N8/c1-12(2)4-3-5-19(6-12)10-16-9(13)17-11(18-10)20-8-14-7-15-20/h7-8H,3-6H2,1-2H3,(H2,13,16,17,18). The van der Waals surface area contributed by atoms with Crippen LogP contribution in [0.1, 0.15) is 26.7 Å². The van der Waals surface area contributed by atoms with E-state index in [0.717, 1.165) is 19.5 Å². The molecule has 8 heteroatoms. The molecule has 0 saturated carbocycles. The van der Waals surface area contributed by atoms with Gasteiger partial charge in [-0.05, 0) is 18.3 Å². The van der Waals surface area contributed by atoms with Gasteiger partial charge in [0, 0.05) is 13.1 Å². The van der Waals surface area contributed by atoms with E-state index in [1.165, 1.54) is 17.4 Å². The normalized spacial score (nSPS) is 18.2. The van der Waals surface area contributed by atoms with Crippen molar-refractivity contribution in [1.29, 1.82) is 0 Å². The van der Waals surface area contributed by atoms with Crippen molar-refractivity contribution in [2.75, 3.05) is 23.7 Å². The molecule has 2 N–H and O–H groups in total. The zero-order valence-corrected chi connectivity index (χ0v) is 11.7. The molecule has 2 aromatic rings. The highest BCUT2D eigenvalue weighted by atomic mass is 15.4. The summed E-state index contributed by atoms with van der Waals surface area (Å²) in [6.07, 6.45) is 5.31. The molecule has 0 radical (unpaired) electrons. The Morgan fingerprint density at radius 2 is 2.00 bits per heavy atom. The average Bonchev–Trinajstić information content (AvgIpc) is 2.90. The Morgan fingerprint density at radius 1 is 1.20 bits per heavy atom. The van der Waals surface area contributed by atoms with Crippen LogP contribution < -0.4 is 10.6 Å². The first-order chi connectivity index (χ1) is 9.53. The summed E-state index contributed by atoms with van der Waals surface area (Å²) in [6, 6.07) is 0. The summed E-state index contributed by atoms with van der Waals surface area (Å²) in [5, 5.41) is 4.02. The van der Waals surface area contributed by atoms with E-state index >= 15 is 0 Å². The van der Waals surface area contributed by atoms with Gasteiger partial charge in [-0.2, -0.15) is 24.7 Å². The summed E-state index contributed by atoms with van der Waals surface area (Å²) in [5.41, 5.74) is 6.05. The van der Waals surface area contributed by atoms with Crippen molar-refractivity contribution >= 4 is 11.9 Å². The van der Waals surface area contributed by atoms with Gasteiger partial charge in [0.05, 0.1) is 0 Å². The van der Waals surface area contributed by atoms with E-state index < -0.39 is 0 Å². The molecule has 0 spiro atoms. The van der Waals surface area contributed by atoms with Gasteiger partial charge >= 0.3 is 0 Å². The fraction of sp³-hybridized carbons (Fsp3) is 0.583. The van der Waals surface area contributed by atoms with Gasteiger partial charge in [0.15, 0.2) is 0 Å². The minimum atomic E-state index is 0.198. The molecule has 0 atom stereocenters. The number of hydrogen-bond donors (Lipinski definition) is 1. The monoisotopic (exact) mass is 274 g/mol. The van der Waals surface area contributed by atoms with E-state index in [2.05, 4.69) is 43.8 Å². The van der Waals surface area contributed by atoms with Crippen LogP contribution >= 0.6 is 0 Å². The third kappa shape index (κ3) is 2.54. The summed E-state index contributed by atoms with van der Waals surface area (Å²) >= 11 is 0. The summed E-state index contributed by atoms with van der Waals surface area (Å²) in [5.74, 6) is 1.20. The Hall–Kier alpha value is -2.25. The van der Waals surface area contributed by atoms with Crippen LogP contribution in [0.5, 0.6) is 0 Å². The molecule has 106 valence electrons. The molecule has 0 bridgehead atoms. The van der Waals surface area contributed by atoms with E-state index in [4.69, 9.17) is 5.73 Å². The molecule has 3 heterocycles. The molecule has 20 heavy (non-hydrogen) atoms. The maximum atomic E-state index is 5.79. The number of nitrogens with zero attached hydrogens (tertiary/aromatic N) is 7. The van der Waals surface area contributed by atoms with Crippen molar-refractivity contribution in [3.8, 4) is 5.95 Å². The minimum absolute atomic E-state index is 0.198. The fourth-order valence-corrected chi connectivity index (χ4v) is 2.52. The smallest absolute Gasteiger partial charge is 0.258 e. The highest BCUT2D eigenvalue weighted by Crippen LogP contribution is 2.30. The first kappa shape index (κ1) is 12.8. The predicted molar refractivity (Wildman–Crippen MR) is 74.4 cm³/mol. The maximum Gasteiger partial charge on any atom is 0.258 e. The Labute approximate surface area is 117 Å². The van der Waals surface area contributed by atoms with Crippen LogP contribution in [0.3, 0.4) is 0 Å². The number of anilines is 2. The molecule has 0 aliphatic carbocycles. The summed E-state index contributed by atoms with van der Waals surface area (Å²) in [4.78, 5) is 18.8. The van der Waals surface area contributed by atoms with Crippen molar-refractivity contribution in [3.05, 3.63) is 12.7 Å². The van der Waals surface area contributed by atoms with Crippen LogP contribution in [-0.2, 0) is 0 Å². The molecule has 1 saturated heterocycles. The van der Waals surface area contributed by atoms with Crippen LogP contribution in [0.15, 0.2) is 12.7 Å². The average molecular weight is 274 g/mol. The van der Waals surface area contributed by atoms with Crippen LogP contribution in [0.4, 0.5) is 11.9 Å². The van der Waals surface area contributed by atoms with Crippen LogP contribution in [0, 0.1) is 5.41 Å². The lowest BCUT2D eigenvalue weighted by Gasteiger charge is -2.38. The van der Waals surface area contributed by atoms with Gasteiger partial charge in [-0.25, -0.2) is 4.98 Å². The van der Waals surface area contributed by atoms with Gasteiger partial charge in [-0.1, -0.05) is 13.8 Å². The second-order valence-corrected chi connectivity index (χ2v) is 5.82. The second kappa shape index (κ2) is 4.69. The van der Waals surface area contributed by atoms with E-state index in [9.17, 15) is 0 Å². The number of nitrogen functional groups attached to an aromatic ring is 1. The Morgan fingerprint density at radius 3 is 2.70 bits per heavy atom. The predicted octanol–water partition coefficient (Wildman–Crippen LogP) is 0.661. The molecular weight excluding hydrogens is 256 g/mol. The van der Waals surface area contributed by atoms with Crippen LogP contribution in [0.2, 0.25) is 0 Å². The van der Waals surface area contributed by atoms with E-state index in [-0.39, 0.29) is 11.4 Å². The molecule has 8 nitrogen and oxygen atoms in total. The van der Waals surface area contributed by atoms with Gasteiger partial charge < -0.3 is 10.6 Å². The number of piperidine rings is 1. The zero-order chi connectivity index (χ0) is 14.2. The number of rotatable bonds is 2. The summed E-state index contributed by atoms with van der Waals surface area (Å²) in [6.45, 7) is 6.35. The van der Waals surface area contributed by atoms with Crippen molar-refractivity contribution in [1.82, 2.24) is 29.7 Å². The number of hydrogen-bond acceptors (Lipinski definition) is 7. The second-order valence-electron chi connectivity index (χ2n) is 5.82. The highest BCUT2D eigenvalue weighted by molar-refractivity contribution is 5.38. The molecule has 0 amide bonds. The Kier molecular flexibility index (Phi) is 3.00. The number of aromatic nitrogens is 6. The van der Waals surface area contributed by atoms with Crippen molar-refractivity contribution in [2.45, 2.75) is 26.7 Å². The lowest BCUT2D eigenvalue weighted by atomic mass is 9.84. The van der Waals surface area contributed by atoms with Crippen LogP contribution in [0.25, 0.3) is 5.95 Å². The largest absolute Gasteiger partial charge is 0.368 e. The summed E-state index contributed by atoms with van der Waals surface area (Å²) < 4.78 is 1.48. The highest BCUT2D eigenvalue weighted by Gasteiger charge is 2.28.